The maximum atomic E-state index is 12.3. The molecule has 1 aromatic heterocycles. The Morgan fingerprint density at radius 2 is 1.90 bits per heavy atom. The number of primary amides is 1. The molecular weight excluding hydrogens is 404 g/mol. The monoisotopic (exact) mass is 432 g/mol. The van der Waals surface area contributed by atoms with Crippen LogP contribution >= 0.6 is 0 Å². The van der Waals surface area contributed by atoms with E-state index >= 15 is 0 Å². The highest BCUT2D eigenvalue weighted by atomic mass is 16.5. The van der Waals surface area contributed by atoms with Crippen molar-refractivity contribution in [3.63, 3.8) is 0 Å². The lowest BCUT2D eigenvalue weighted by molar-refractivity contribution is -0.141. The van der Waals surface area contributed by atoms with E-state index < -0.39 is 36.0 Å². The van der Waals surface area contributed by atoms with E-state index in [0.29, 0.717) is 6.42 Å². The van der Waals surface area contributed by atoms with E-state index in [0.717, 1.165) is 22.9 Å². The Labute approximate surface area is 179 Å². The maximum absolute atomic E-state index is 12.3. The number of nitrogens with one attached hydrogen (secondary N) is 3. The fraction of sp³-hybridized carbons (Fsp3) is 0.429. The van der Waals surface area contributed by atoms with Gasteiger partial charge in [0.25, 0.3) is 0 Å². The summed E-state index contributed by atoms with van der Waals surface area (Å²) in [6.45, 7) is 2.15. The minimum absolute atomic E-state index is 0.0799. The minimum atomic E-state index is -1.18. The molecule has 168 valence electrons. The first-order chi connectivity index (χ1) is 14.8. The van der Waals surface area contributed by atoms with Gasteiger partial charge in [-0.1, -0.05) is 31.5 Å². The molecular formula is C21H28N4O6. The zero-order valence-electron chi connectivity index (χ0n) is 17.3. The second kappa shape index (κ2) is 11.6. The minimum Gasteiger partial charge on any atom is -0.480 e. The van der Waals surface area contributed by atoms with E-state index in [9.17, 15) is 24.3 Å². The summed E-state index contributed by atoms with van der Waals surface area (Å²) in [6, 6.07) is 5.20. The highest BCUT2D eigenvalue weighted by Crippen LogP contribution is 2.19. The number of alkyl carbamates (subject to hydrolysis) is 1. The molecule has 0 aliphatic rings. The van der Waals surface area contributed by atoms with Crippen molar-refractivity contribution in [3.8, 4) is 0 Å². The first-order valence-corrected chi connectivity index (χ1v) is 10.1. The number of aromatic nitrogens is 1. The number of nitrogens with two attached hydrogens (primary N) is 1. The number of carboxylic acid groups (broad SMARTS) is 1. The number of carbonyl (C=O) groups excluding carboxylic acids is 3. The number of aliphatic carboxylic acids is 1. The molecule has 1 heterocycles. The summed E-state index contributed by atoms with van der Waals surface area (Å²) in [5.74, 6) is -2.56. The van der Waals surface area contributed by atoms with Gasteiger partial charge in [0.05, 0.1) is 6.61 Å². The summed E-state index contributed by atoms with van der Waals surface area (Å²) >= 11 is 0. The van der Waals surface area contributed by atoms with Crippen molar-refractivity contribution in [2.24, 2.45) is 5.73 Å². The lowest BCUT2D eigenvalue weighted by atomic mass is 10.0. The van der Waals surface area contributed by atoms with E-state index in [-0.39, 0.29) is 25.9 Å². The number of aromatic amines is 1. The molecule has 0 aliphatic carbocycles. The largest absolute Gasteiger partial charge is 0.480 e. The third-order valence-corrected chi connectivity index (χ3v) is 4.76. The van der Waals surface area contributed by atoms with E-state index in [2.05, 4.69) is 15.6 Å². The van der Waals surface area contributed by atoms with Gasteiger partial charge >= 0.3 is 12.1 Å². The van der Waals surface area contributed by atoms with E-state index in [1.54, 1.807) is 6.20 Å². The second-order valence-corrected chi connectivity index (χ2v) is 7.15. The third kappa shape index (κ3) is 7.32. The van der Waals surface area contributed by atoms with Gasteiger partial charge in [-0.3, -0.25) is 9.59 Å². The maximum Gasteiger partial charge on any atom is 0.407 e. The number of amides is 3. The highest BCUT2D eigenvalue weighted by molar-refractivity contribution is 5.88. The Kier molecular flexibility index (Phi) is 8.86. The predicted molar refractivity (Wildman–Crippen MR) is 113 cm³/mol. The number of benzene rings is 1. The van der Waals surface area contributed by atoms with E-state index in [4.69, 9.17) is 10.5 Å². The topological polar surface area (TPSA) is 164 Å². The standard InChI is InChI=1S/C21H28N4O6/c1-2-3-10-31-21(30)25-16(19(22)27)8-9-18(26)24-17(20(28)29)11-13-12-23-15-7-5-4-6-14(13)15/h4-7,12,16-17,23H,2-3,8-11H2,1H3,(H2,22,27)(H,24,26)(H,25,30)(H,28,29)/t16-,17-/m1/s1. The van der Waals surface area contributed by atoms with Gasteiger partial charge in [0.2, 0.25) is 11.8 Å². The normalized spacial score (nSPS) is 12.7. The SMILES string of the molecule is CCCCOC(=O)N[C@H](CCC(=O)N[C@H](Cc1c[nH]c2ccccc12)C(=O)O)C(N)=O. The molecule has 1 aromatic carbocycles. The van der Waals surface area contributed by atoms with Crippen LogP contribution in [0.5, 0.6) is 0 Å². The lowest BCUT2D eigenvalue weighted by Crippen LogP contribution is -2.46. The summed E-state index contributed by atoms with van der Waals surface area (Å²) in [7, 11) is 0. The van der Waals surface area contributed by atoms with Gasteiger partial charge in [-0.05, 0) is 24.5 Å². The number of hydrogen-bond donors (Lipinski definition) is 5. The molecule has 31 heavy (non-hydrogen) atoms. The molecule has 0 saturated carbocycles. The van der Waals surface area contributed by atoms with Crippen LogP contribution in [-0.4, -0.2) is 52.7 Å². The number of unbranched alkanes of at least 4 members (excludes halogenated alkanes) is 1. The molecule has 0 aliphatic heterocycles. The summed E-state index contributed by atoms with van der Waals surface area (Å²) in [5.41, 5.74) is 6.91. The number of carbonyl (C=O) groups is 4. The van der Waals surface area contributed by atoms with Gasteiger partial charge < -0.3 is 31.2 Å². The Balaban J connectivity index is 1.90. The van der Waals surface area contributed by atoms with Crippen LogP contribution in [-0.2, 0) is 25.5 Å². The van der Waals surface area contributed by atoms with Crippen LogP contribution in [0.1, 0.15) is 38.2 Å². The Bertz CT molecular complexity index is 925. The average molecular weight is 432 g/mol. The summed E-state index contributed by atoms with van der Waals surface area (Å²) in [4.78, 5) is 50.3. The van der Waals surface area contributed by atoms with Crippen molar-refractivity contribution in [2.75, 3.05) is 6.61 Å². The Morgan fingerprint density at radius 3 is 2.58 bits per heavy atom. The molecule has 0 fully saturated rings. The van der Waals surface area contributed by atoms with Crippen LogP contribution in [0.15, 0.2) is 30.5 Å². The van der Waals surface area contributed by atoms with Crippen LogP contribution < -0.4 is 16.4 Å². The first-order valence-electron chi connectivity index (χ1n) is 10.1. The third-order valence-electron chi connectivity index (χ3n) is 4.76. The van der Waals surface area contributed by atoms with Crippen molar-refractivity contribution in [3.05, 3.63) is 36.0 Å². The fourth-order valence-corrected chi connectivity index (χ4v) is 3.04. The zero-order valence-corrected chi connectivity index (χ0v) is 17.3. The van der Waals surface area contributed by atoms with E-state index in [1.807, 2.05) is 31.2 Å². The van der Waals surface area contributed by atoms with Crippen LogP contribution in [0, 0.1) is 0 Å². The van der Waals surface area contributed by atoms with Crippen LogP contribution in [0.25, 0.3) is 10.9 Å². The molecule has 2 aromatic rings. The fourth-order valence-electron chi connectivity index (χ4n) is 3.04. The number of ether oxygens (including phenoxy) is 1. The Morgan fingerprint density at radius 1 is 1.16 bits per heavy atom. The van der Waals surface area contributed by atoms with Crippen LogP contribution in [0.2, 0.25) is 0 Å². The molecule has 2 rings (SSSR count). The Hall–Kier alpha value is -3.56. The number of carboxylic acids is 1. The van der Waals surface area contributed by atoms with Crippen molar-refractivity contribution in [2.45, 2.75) is 51.1 Å². The van der Waals surface area contributed by atoms with Gasteiger partial charge in [0.1, 0.15) is 12.1 Å². The first kappa shape index (κ1) is 23.7. The zero-order chi connectivity index (χ0) is 22.8. The molecule has 10 heteroatoms. The summed E-state index contributed by atoms with van der Waals surface area (Å²) in [6.07, 6.45) is 2.26. The molecule has 0 radical (unpaired) electrons. The smallest absolute Gasteiger partial charge is 0.407 e. The number of hydrogen-bond acceptors (Lipinski definition) is 5. The molecule has 10 nitrogen and oxygen atoms in total. The molecule has 0 unspecified atom stereocenters. The van der Waals surface area contributed by atoms with Crippen LogP contribution in [0.4, 0.5) is 4.79 Å². The van der Waals surface area contributed by atoms with Gasteiger partial charge in [0, 0.05) is 29.9 Å². The van der Waals surface area contributed by atoms with Crippen molar-refractivity contribution < 1.29 is 29.0 Å². The number of rotatable bonds is 12. The molecule has 3 amide bonds. The molecule has 0 saturated heterocycles. The predicted octanol–water partition coefficient (Wildman–Crippen LogP) is 1.44. The van der Waals surface area contributed by atoms with Gasteiger partial charge in [-0.2, -0.15) is 0 Å². The number of para-hydroxylation sites is 1. The second-order valence-electron chi connectivity index (χ2n) is 7.15. The summed E-state index contributed by atoms with van der Waals surface area (Å²) < 4.78 is 4.92. The van der Waals surface area contributed by atoms with Crippen molar-refractivity contribution >= 4 is 34.8 Å². The number of fused-ring (bicyclic) bond motifs is 1. The average Bonchev–Trinajstić information content (AvgIpc) is 3.13. The molecule has 0 bridgehead atoms. The molecule has 0 spiro atoms. The summed E-state index contributed by atoms with van der Waals surface area (Å²) in [5, 5.41) is 15.2. The van der Waals surface area contributed by atoms with Gasteiger partial charge in [0.15, 0.2) is 0 Å². The van der Waals surface area contributed by atoms with Crippen LogP contribution in [0.3, 0.4) is 0 Å². The van der Waals surface area contributed by atoms with E-state index in [1.165, 1.54) is 0 Å². The van der Waals surface area contributed by atoms with Gasteiger partial charge in [-0.15, -0.1) is 0 Å². The quantitative estimate of drug-likeness (QED) is 0.319. The van der Waals surface area contributed by atoms with Crippen molar-refractivity contribution in [1.29, 1.82) is 0 Å². The van der Waals surface area contributed by atoms with Gasteiger partial charge in [-0.25, -0.2) is 9.59 Å². The lowest BCUT2D eigenvalue weighted by Gasteiger charge is -2.17. The molecule has 6 N–H and O–H groups in total. The highest BCUT2D eigenvalue weighted by Gasteiger charge is 2.24. The molecule has 2 atom stereocenters. The van der Waals surface area contributed by atoms with Crippen molar-refractivity contribution in [1.82, 2.24) is 15.6 Å². The number of H-pyrrole nitrogens is 1.